The number of hydrogen-bond acceptors (Lipinski definition) is 7. The van der Waals surface area contributed by atoms with Crippen LogP contribution in [-0.4, -0.2) is 45.0 Å². The second-order valence-electron chi connectivity index (χ2n) is 10.8. The van der Waals surface area contributed by atoms with Gasteiger partial charge >= 0.3 is 12.6 Å². The summed E-state index contributed by atoms with van der Waals surface area (Å²) >= 11 is 12.7. The monoisotopic (exact) mass is 670 g/mol. The zero-order chi connectivity index (χ0) is 31.4. The number of carbonyl (C=O) groups is 1. The van der Waals surface area contributed by atoms with Crippen LogP contribution in [0, 0.1) is 17.0 Å². The lowest BCUT2D eigenvalue weighted by atomic mass is 9.98. The smallest absolute Gasteiger partial charge is 0.387 e. The zero-order valence-electron chi connectivity index (χ0n) is 23.4. The lowest BCUT2D eigenvalue weighted by Gasteiger charge is -2.32. The Morgan fingerprint density at radius 1 is 1.05 bits per heavy atom. The van der Waals surface area contributed by atoms with Crippen molar-refractivity contribution in [3.63, 3.8) is 0 Å². The zero-order valence-corrected chi connectivity index (χ0v) is 25.7. The Morgan fingerprint density at radius 3 is 2.41 bits per heavy atom. The maximum Gasteiger partial charge on any atom is 0.387 e. The van der Waals surface area contributed by atoms with Gasteiger partial charge in [0.1, 0.15) is 16.1 Å². The number of rotatable bonds is 12. The van der Waals surface area contributed by atoms with Gasteiger partial charge in [-0.15, -0.1) is 0 Å². The number of aromatic nitrogens is 1. The highest BCUT2D eigenvalue weighted by atomic mass is 35.5. The Bertz CT molecular complexity index is 1570. The fourth-order valence-electron chi connectivity index (χ4n) is 4.99. The number of carbonyl (C=O) groups excluding carboxylic acids is 1. The summed E-state index contributed by atoms with van der Waals surface area (Å²) in [5.41, 5.74) is 0.699. The molecule has 0 radical (unpaired) electrons. The first-order chi connectivity index (χ1) is 21.0. The van der Waals surface area contributed by atoms with Crippen LogP contribution >= 0.6 is 23.2 Å². The van der Waals surface area contributed by atoms with Crippen molar-refractivity contribution in [1.29, 1.82) is 0 Å². The van der Waals surface area contributed by atoms with Crippen molar-refractivity contribution in [3.8, 4) is 11.5 Å². The van der Waals surface area contributed by atoms with Crippen LogP contribution in [0.1, 0.15) is 42.9 Å². The number of benzene rings is 2. The quantitative estimate of drug-likeness (QED) is 0.133. The second-order valence-corrected chi connectivity index (χ2v) is 13.5. The molecule has 14 heteroatoms. The average molecular weight is 672 g/mol. The number of pyridine rings is 1. The predicted octanol–water partition coefficient (Wildman–Crippen LogP) is 5.94. The number of esters is 1. The van der Waals surface area contributed by atoms with Crippen molar-refractivity contribution in [2.45, 2.75) is 49.7 Å². The molecule has 5 rings (SSSR count). The molecule has 0 bridgehead atoms. The summed E-state index contributed by atoms with van der Waals surface area (Å²) in [6.07, 6.45) is 3.87. The molecule has 1 aromatic heterocycles. The summed E-state index contributed by atoms with van der Waals surface area (Å²) in [5, 5.41) is 11.9. The molecule has 2 aromatic carbocycles. The van der Waals surface area contributed by atoms with Gasteiger partial charge in [0.2, 0.25) is 10.0 Å². The summed E-state index contributed by atoms with van der Waals surface area (Å²) in [7, 11) is -3.83. The van der Waals surface area contributed by atoms with E-state index >= 15 is 0 Å². The summed E-state index contributed by atoms with van der Waals surface area (Å²) in [6.45, 7) is -2.61. The molecule has 0 amide bonds. The van der Waals surface area contributed by atoms with Crippen LogP contribution in [-0.2, 0) is 26.0 Å². The molecular weight excluding hydrogens is 641 g/mol. The van der Waals surface area contributed by atoms with Gasteiger partial charge in [0.15, 0.2) is 23.9 Å². The standard InChI is InChI=1S/C30H30Cl2F2N2O7S/c31-24-16-35(38)17-25(32)23(24)14-27(20-10-11-26(43-30(33)34)28(13-20)41-18-19-8-9-19)42-29(37)21-5-4-12-36(15-21)44(39,40)22-6-2-1-3-7-22/h1-3,6-7,10-11,13,16-17,19,21,27,30H,4-5,8-9,12,14-15,18H2. The number of nitrogens with zero attached hydrogens (tertiary/aromatic N) is 2. The first kappa shape index (κ1) is 32.2. The lowest BCUT2D eigenvalue weighted by Crippen LogP contribution is -2.43. The van der Waals surface area contributed by atoms with Gasteiger partial charge in [0.05, 0.1) is 17.4 Å². The first-order valence-corrected chi connectivity index (χ1v) is 16.2. The molecule has 2 heterocycles. The normalized spacial score (nSPS) is 18.2. The highest BCUT2D eigenvalue weighted by Crippen LogP contribution is 2.38. The Hall–Kier alpha value is -3.19. The molecule has 1 aliphatic heterocycles. The second kappa shape index (κ2) is 13.8. The lowest BCUT2D eigenvalue weighted by molar-refractivity contribution is -0.605. The highest BCUT2D eigenvalue weighted by molar-refractivity contribution is 7.89. The van der Waals surface area contributed by atoms with Gasteiger partial charge in [-0.2, -0.15) is 17.8 Å². The van der Waals surface area contributed by atoms with Crippen LogP contribution in [0.4, 0.5) is 8.78 Å². The van der Waals surface area contributed by atoms with E-state index in [2.05, 4.69) is 4.74 Å². The third kappa shape index (κ3) is 7.90. The van der Waals surface area contributed by atoms with E-state index in [1.54, 1.807) is 18.2 Å². The minimum absolute atomic E-state index is 0.0363. The SMILES string of the molecule is O=C(OC(Cc1c(Cl)c[n+]([O-])cc1Cl)c1ccc(OC(F)F)c(OCC2CC2)c1)C1CCCN(S(=O)(=O)c2ccccc2)C1. The molecule has 236 valence electrons. The fourth-order valence-corrected chi connectivity index (χ4v) is 7.14. The molecule has 2 unspecified atom stereocenters. The third-order valence-corrected chi connectivity index (χ3v) is 10.1. The fraction of sp³-hybridized carbons (Fsp3) is 0.400. The molecule has 2 atom stereocenters. The van der Waals surface area contributed by atoms with Crippen LogP contribution in [0.5, 0.6) is 11.5 Å². The summed E-state index contributed by atoms with van der Waals surface area (Å²) in [6, 6.07) is 12.2. The van der Waals surface area contributed by atoms with E-state index in [1.807, 2.05) is 0 Å². The highest BCUT2D eigenvalue weighted by Gasteiger charge is 2.36. The molecule has 44 heavy (non-hydrogen) atoms. The summed E-state index contributed by atoms with van der Waals surface area (Å²) in [5.74, 6) is -1.24. The Balaban J connectivity index is 1.42. The van der Waals surface area contributed by atoms with E-state index in [4.69, 9.17) is 32.7 Å². The van der Waals surface area contributed by atoms with Gasteiger partial charge < -0.3 is 19.4 Å². The largest absolute Gasteiger partial charge is 0.619 e. The minimum atomic E-state index is -3.83. The van der Waals surface area contributed by atoms with Crippen molar-refractivity contribution in [1.82, 2.24) is 4.31 Å². The van der Waals surface area contributed by atoms with Gasteiger partial charge in [-0.3, -0.25) is 4.79 Å². The number of alkyl halides is 2. The number of sulfonamides is 1. The Morgan fingerprint density at radius 2 is 1.75 bits per heavy atom. The Kier molecular flexibility index (Phi) is 10.1. The van der Waals surface area contributed by atoms with Crippen molar-refractivity contribution in [2.24, 2.45) is 11.8 Å². The minimum Gasteiger partial charge on any atom is -0.619 e. The van der Waals surface area contributed by atoms with E-state index in [1.165, 1.54) is 34.6 Å². The summed E-state index contributed by atoms with van der Waals surface area (Å²) in [4.78, 5) is 13.7. The molecule has 1 saturated heterocycles. The number of ether oxygens (including phenoxy) is 3. The van der Waals surface area contributed by atoms with Crippen LogP contribution < -0.4 is 14.2 Å². The van der Waals surface area contributed by atoms with Gasteiger partial charge in [0, 0.05) is 25.1 Å². The van der Waals surface area contributed by atoms with Crippen LogP contribution in [0.3, 0.4) is 0 Å². The molecule has 0 spiro atoms. The van der Waals surface area contributed by atoms with Gasteiger partial charge in [-0.05, 0) is 61.4 Å². The molecule has 1 saturated carbocycles. The number of piperidine rings is 1. The maximum atomic E-state index is 13.6. The van der Waals surface area contributed by atoms with E-state index in [0.717, 1.165) is 25.2 Å². The van der Waals surface area contributed by atoms with Crippen molar-refractivity contribution < 1.29 is 40.9 Å². The van der Waals surface area contributed by atoms with Crippen LogP contribution in [0.25, 0.3) is 0 Å². The maximum absolute atomic E-state index is 13.6. The molecule has 0 N–H and O–H groups in total. The summed E-state index contributed by atoms with van der Waals surface area (Å²) < 4.78 is 70.9. The van der Waals surface area contributed by atoms with E-state index in [0.29, 0.717) is 41.2 Å². The van der Waals surface area contributed by atoms with Gasteiger partial charge in [-0.25, -0.2) is 8.42 Å². The first-order valence-electron chi connectivity index (χ1n) is 14.0. The van der Waals surface area contributed by atoms with E-state index < -0.39 is 34.6 Å². The van der Waals surface area contributed by atoms with Crippen molar-refractivity contribution in [3.05, 3.63) is 87.3 Å². The van der Waals surface area contributed by atoms with Gasteiger partial charge in [0.25, 0.3) is 0 Å². The Labute approximate surface area is 263 Å². The third-order valence-electron chi connectivity index (χ3n) is 7.53. The van der Waals surface area contributed by atoms with E-state index in [9.17, 15) is 27.2 Å². The number of hydrogen-bond donors (Lipinski definition) is 0. The molecular formula is C30H30Cl2F2N2O7S. The van der Waals surface area contributed by atoms with Crippen LogP contribution in [0.2, 0.25) is 10.0 Å². The molecule has 2 fully saturated rings. The topological polar surface area (TPSA) is 109 Å². The molecule has 2 aliphatic rings. The van der Waals surface area contributed by atoms with E-state index in [-0.39, 0.29) is 46.0 Å². The molecule has 1 aliphatic carbocycles. The van der Waals surface area contributed by atoms with Gasteiger partial charge in [-0.1, -0.05) is 47.5 Å². The predicted molar refractivity (Wildman–Crippen MR) is 157 cm³/mol. The average Bonchev–Trinajstić information content (AvgIpc) is 3.83. The van der Waals surface area contributed by atoms with Crippen LogP contribution in [0.15, 0.2) is 65.8 Å². The number of halogens is 4. The molecule has 9 nitrogen and oxygen atoms in total. The van der Waals surface area contributed by atoms with Crippen molar-refractivity contribution >= 4 is 39.2 Å². The van der Waals surface area contributed by atoms with Crippen molar-refractivity contribution in [2.75, 3.05) is 19.7 Å². The molecule has 3 aromatic rings.